The van der Waals surface area contributed by atoms with Crippen molar-refractivity contribution in [2.45, 2.75) is 6.42 Å². The van der Waals surface area contributed by atoms with Crippen LogP contribution < -0.4 is 5.32 Å². The van der Waals surface area contributed by atoms with E-state index in [9.17, 15) is 18.3 Å². The van der Waals surface area contributed by atoms with Crippen LogP contribution in [0.3, 0.4) is 0 Å². The van der Waals surface area contributed by atoms with Crippen LogP contribution in [0, 0.1) is 17.5 Å². The van der Waals surface area contributed by atoms with E-state index in [2.05, 4.69) is 20.6 Å². The van der Waals surface area contributed by atoms with E-state index in [4.69, 9.17) is 0 Å². The van der Waals surface area contributed by atoms with Crippen molar-refractivity contribution in [3.8, 4) is 5.75 Å². The number of nitrogens with zero attached hydrogens (tertiary/aromatic N) is 4. The van der Waals surface area contributed by atoms with E-state index in [1.807, 2.05) is 0 Å². The lowest BCUT2D eigenvalue weighted by molar-refractivity contribution is 0.432. The van der Waals surface area contributed by atoms with Gasteiger partial charge in [-0.1, -0.05) is 23.5 Å². The van der Waals surface area contributed by atoms with Crippen molar-refractivity contribution in [2.75, 3.05) is 5.32 Å². The molecule has 6 nitrogen and oxygen atoms in total. The Morgan fingerprint density at radius 1 is 1.08 bits per heavy atom. The van der Waals surface area contributed by atoms with Gasteiger partial charge in [0.1, 0.15) is 0 Å². The third-order valence-corrected chi connectivity index (χ3v) is 4.44. The molecule has 0 amide bonds. The van der Waals surface area contributed by atoms with Crippen molar-refractivity contribution < 1.29 is 18.3 Å². The second kappa shape index (κ2) is 6.30. The summed E-state index contributed by atoms with van der Waals surface area (Å²) in [5.41, 5.74) is 0.533. The second-order valence-electron chi connectivity index (χ2n) is 5.41. The van der Waals surface area contributed by atoms with Gasteiger partial charge in [-0.05, 0) is 29.8 Å². The molecule has 0 bridgehead atoms. The third-order valence-electron chi connectivity index (χ3n) is 3.62. The number of halogens is 3. The molecule has 0 aliphatic carbocycles. The fraction of sp³-hybridized carbons (Fsp3) is 0.0625. The molecule has 4 rings (SSSR count). The minimum Gasteiger partial charge on any atom is -0.505 e. The Balaban J connectivity index is 1.62. The van der Waals surface area contributed by atoms with Gasteiger partial charge in [0.2, 0.25) is 10.1 Å². The molecular formula is C16H10F3N5OS. The van der Waals surface area contributed by atoms with Crippen LogP contribution in [0.5, 0.6) is 5.75 Å². The van der Waals surface area contributed by atoms with E-state index in [1.54, 1.807) is 6.07 Å². The van der Waals surface area contributed by atoms with E-state index in [-0.39, 0.29) is 12.1 Å². The Hall–Kier alpha value is -3.14. The number of phenols is 1. The summed E-state index contributed by atoms with van der Waals surface area (Å²) < 4.78 is 41.9. The first-order valence-corrected chi connectivity index (χ1v) is 8.22. The van der Waals surface area contributed by atoms with Gasteiger partial charge in [0.05, 0.1) is 5.69 Å². The molecule has 2 N–H and O–H groups in total. The largest absolute Gasteiger partial charge is 0.505 e. The lowest BCUT2D eigenvalue weighted by Crippen LogP contribution is -2.00. The number of nitrogens with one attached hydrogen (secondary N) is 1. The molecule has 0 aliphatic rings. The maximum absolute atomic E-state index is 13.8. The Bertz CT molecular complexity index is 1110. The normalized spacial score (nSPS) is 11.2. The third kappa shape index (κ3) is 2.94. The SMILES string of the molecule is Oc1ccc(Cc2nnc3sc(Nc4cccc(F)c4F)nn23)cc1F. The highest BCUT2D eigenvalue weighted by molar-refractivity contribution is 7.20. The van der Waals surface area contributed by atoms with Crippen molar-refractivity contribution >= 4 is 27.1 Å². The molecule has 2 aromatic carbocycles. The summed E-state index contributed by atoms with van der Waals surface area (Å²) in [4.78, 5) is 0.443. The maximum atomic E-state index is 13.8. The molecule has 4 aromatic rings. The number of fused-ring (bicyclic) bond motifs is 1. The summed E-state index contributed by atoms with van der Waals surface area (Å²) in [6.07, 6.45) is 0.232. The summed E-state index contributed by atoms with van der Waals surface area (Å²) in [7, 11) is 0. The number of aromatic hydroxyl groups is 1. The van der Waals surface area contributed by atoms with Crippen LogP contribution in [-0.2, 0) is 6.42 Å². The number of anilines is 2. The summed E-state index contributed by atoms with van der Waals surface area (Å²) in [5.74, 6) is -2.69. The molecule has 0 unspecified atom stereocenters. The molecular weight excluding hydrogens is 367 g/mol. The van der Waals surface area contributed by atoms with Gasteiger partial charge in [0.15, 0.2) is 29.0 Å². The topological polar surface area (TPSA) is 75.3 Å². The Morgan fingerprint density at radius 2 is 1.92 bits per heavy atom. The number of hydrogen-bond acceptors (Lipinski definition) is 6. The minimum absolute atomic E-state index is 0.0443. The average molecular weight is 377 g/mol. The average Bonchev–Trinajstić information content (AvgIpc) is 3.17. The molecule has 0 saturated heterocycles. The van der Waals surface area contributed by atoms with Crippen molar-refractivity contribution in [1.29, 1.82) is 0 Å². The fourth-order valence-corrected chi connectivity index (χ4v) is 3.15. The van der Waals surface area contributed by atoms with Crippen molar-refractivity contribution in [3.63, 3.8) is 0 Å². The number of rotatable bonds is 4. The monoisotopic (exact) mass is 377 g/mol. The van der Waals surface area contributed by atoms with Gasteiger partial charge in [-0.15, -0.1) is 15.3 Å². The van der Waals surface area contributed by atoms with Crippen LogP contribution in [0.1, 0.15) is 11.4 Å². The molecule has 0 saturated carbocycles. The molecule has 0 fully saturated rings. The number of aromatic nitrogens is 4. The summed E-state index contributed by atoms with van der Waals surface area (Å²) >= 11 is 1.11. The van der Waals surface area contributed by atoms with Crippen LogP contribution >= 0.6 is 11.3 Å². The second-order valence-corrected chi connectivity index (χ2v) is 6.36. The molecule has 0 atom stereocenters. The molecule has 2 aromatic heterocycles. The summed E-state index contributed by atoms with van der Waals surface area (Å²) in [6, 6.07) is 7.81. The van der Waals surface area contributed by atoms with Gasteiger partial charge < -0.3 is 10.4 Å². The zero-order valence-electron chi connectivity index (χ0n) is 12.9. The smallest absolute Gasteiger partial charge is 0.236 e. The van der Waals surface area contributed by atoms with Gasteiger partial charge in [0.25, 0.3) is 0 Å². The zero-order valence-corrected chi connectivity index (χ0v) is 13.8. The number of phenolic OH excluding ortho intramolecular Hbond substituents is 1. The molecule has 26 heavy (non-hydrogen) atoms. The Kier molecular flexibility index (Phi) is 3.96. The highest BCUT2D eigenvalue weighted by Gasteiger charge is 2.15. The van der Waals surface area contributed by atoms with Gasteiger partial charge >= 0.3 is 0 Å². The van der Waals surface area contributed by atoms with Crippen LogP contribution in [0.25, 0.3) is 4.96 Å². The van der Waals surface area contributed by atoms with Crippen LogP contribution in [-0.4, -0.2) is 24.9 Å². The summed E-state index contributed by atoms with van der Waals surface area (Å²) in [5, 5.41) is 24.5. The fourth-order valence-electron chi connectivity index (χ4n) is 2.38. The first kappa shape index (κ1) is 16.3. The zero-order chi connectivity index (χ0) is 18.3. The van der Waals surface area contributed by atoms with Crippen molar-refractivity contribution in [3.05, 3.63) is 65.2 Å². The standard InChI is InChI=1S/C16H10F3N5OS/c17-9-2-1-3-11(14(9)19)20-15-23-24-13(21-22-16(24)26-15)7-8-4-5-12(25)10(18)6-8/h1-6,25H,7H2,(H,20,23). The first-order chi connectivity index (χ1) is 12.5. The Labute approximate surface area is 148 Å². The molecule has 10 heteroatoms. The predicted molar refractivity (Wildman–Crippen MR) is 89.2 cm³/mol. The van der Waals surface area contributed by atoms with E-state index in [1.165, 1.54) is 28.8 Å². The van der Waals surface area contributed by atoms with Crippen LogP contribution in [0.4, 0.5) is 24.0 Å². The van der Waals surface area contributed by atoms with Gasteiger partial charge in [-0.2, -0.15) is 4.52 Å². The van der Waals surface area contributed by atoms with Crippen molar-refractivity contribution in [1.82, 2.24) is 19.8 Å². The van der Waals surface area contributed by atoms with Gasteiger partial charge in [-0.25, -0.2) is 13.2 Å². The Morgan fingerprint density at radius 3 is 2.73 bits per heavy atom. The molecule has 0 radical (unpaired) electrons. The van der Waals surface area contributed by atoms with E-state index < -0.39 is 23.2 Å². The van der Waals surface area contributed by atoms with E-state index >= 15 is 0 Å². The lowest BCUT2D eigenvalue weighted by Gasteiger charge is -2.03. The maximum Gasteiger partial charge on any atom is 0.236 e. The van der Waals surface area contributed by atoms with E-state index in [0.29, 0.717) is 21.5 Å². The van der Waals surface area contributed by atoms with Gasteiger partial charge in [-0.3, -0.25) is 0 Å². The van der Waals surface area contributed by atoms with Crippen LogP contribution in [0.2, 0.25) is 0 Å². The predicted octanol–water partition coefficient (Wildman–Crippen LogP) is 3.64. The number of hydrogen-bond donors (Lipinski definition) is 2. The molecule has 0 aliphatic heterocycles. The highest BCUT2D eigenvalue weighted by atomic mass is 32.1. The first-order valence-electron chi connectivity index (χ1n) is 7.41. The van der Waals surface area contributed by atoms with Gasteiger partial charge in [0, 0.05) is 6.42 Å². The molecule has 0 spiro atoms. The number of benzene rings is 2. The molecule has 2 heterocycles. The highest BCUT2D eigenvalue weighted by Crippen LogP contribution is 2.26. The lowest BCUT2D eigenvalue weighted by atomic mass is 10.1. The van der Waals surface area contributed by atoms with Crippen molar-refractivity contribution in [2.24, 2.45) is 0 Å². The van der Waals surface area contributed by atoms with E-state index in [0.717, 1.165) is 17.4 Å². The quantitative estimate of drug-likeness (QED) is 0.568. The van der Waals surface area contributed by atoms with Crippen LogP contribution in [0.15, 0.2) is 36.4 Å². The summed E-state index contributed by atoms with van der Waals surface area (Å²) in [6.45, 7) is 0. The molecule has 132 valence electrons. The minimum atomic E-state index is -1.00.